The highest BCUT2D eigenvalue weighted by Gasteiger charge is 2.15. The van der Waals surface area contributed by atoms with Crippen LogP contribution in [-0.4, -0.2) is 9.38 Å². The van der Waals surface area contributed by atoms with Gasteiger partial charge >= 0.3 is 0 Å². The number of hydrogen-bond donors (Lipinski definition) is 0. The number of fused-ring (bicyclic) bond motifs is 3. The molecule has 0 aliphatic carbocycles. The summed E-state index contributed by atoms with van der Waals surface area (Å²) in [4.78, 5) is 5.94. The van der Waals surface area contributed by atoms with E-state index in [1.165, 1.54) is 32.6 Å². The highest BCUT2D eigenvalue weighted by Crippen LogP contribution is 2.33. The van der Waals surface area contributed by atoms with Gasteiger partial charge in [-0.1, -0.05) is 41.7 Å². The largest absolute Gasteiger partial charge is 0.287 e. The van der Waals surface area contributed by atoms with Gasteiger partial charge in [-0.15, -0.1) is 0 Å². The quantitative estimate of drug-likeness (QED) is 0.475. The summed E-state index contributed by atoms with van der Waals surface area (Å²) in [5, 5.41) is 0. The topological polar surface area (TPSA) is 17.3 Å². The highest BCUT2D eigenvalue weighted by molar-refractivity contribution is 7.23. The molecule has 21 heavy (non-hydrogen) atoms. The van der Waals surface area contributed by atoms with Crippen LogP contribution in [0.2, 0.25) is 0 Å². The van der Waals surface area contributed by atoms with E-state index in [9.17, 15) is 0 Å². The number of rotatable bonds is 1. The number of benzene rings is 2. The van der Waals surface area contributed by atoms with Crippen LogP contribution in [0.5, 0.6) is 0 Å². The Hall–Kier alpha value is -2.13. The van der Waals surface area contributed by atoms with Crippen LogP contribution >= 0.6 is 11.3 Å². The maximum Gasteiger partial charge on any atom is 0.195 e. The summed E-state index contributed by atoms with van der Waals surface area (Å²) < 4.78 is 3.60. The van der Waals surface area contributed by atoms with Crippen LogP contribution in [0.3, 0.4) is 0 Å². The molecule has 0 fully saturated rings. The van der Waals surface area contributed by atoms with E-state index >= 15 is 0 Å². The predicted octanol–water partition coefficient (Wildman–Crippen LogP) is 5.14. The van der Waals surface area contributed by atoms with Crippen molar-refractivity contribution in [3.8, 4) is 11.3 Å². The Balaban J connectivity index is 2.06. The van der Waals surface area contributed by atoms with Crippen molar-refractivity contribution in [3.05, 3.63) is 59.3 Å². The molecule has 104 valence electrons. The summed E-state index contributed by atoms with van der Waals surface area (Å²) in [5.74, 6) is 0. The standard InChI is InChI=1S/C18H16N2S/c1-11-9-15-16(10-12(11)2)21-18-19-17(13(3)20(15)18)14-7-5-4-6-8-14/h4-10H,1-3H3. The SMILES string of the molecule is Cc1cc2sc3nc(-c4ccccc4)c(C)n3c2cc1C. The van der Waals surface area contributed by atoms with Crippen LogP contribution in [0.4, 0.5) is 0 Å². The van der Waals surface area contributed by atoms with Crippen molar-refractivity contribution in [2.45, 2.75) is 20.8 Å². The second kappa shape index (κ2) is 4.43. The Morgan fingerprint density at radius 2 is 1.67 bits per heavy atom. The second-order valence-corrected chi connectivity index (χ2v) is 6.55. The minimum absolute atomic E-state index is 1.08. The van der Waals surface area contributed by atoms with E-state index in [4.69, 9.17) is 4.98 Å². The monoisotopic (exact) mass is 292 g/mol. The fraction of sp³-hybridized carbons (Fsp3) is 0.167. The molecule has 2 aromatic heterocycles. The van der Waals surface area contributed by atoms with E-state index in [0.717, 1.165) is 10.7 Å². The lowest BCUT2D eigenvalue weighted by molar-refractivity contribution is 1.18. The smallest absolute Gasteiger partial charge is 0.195 e. The van der Waals surface area contributed by atoms with E-state index in [1.807, 2.05) is 6.07 Å². The molecule has 0 amide bonds. The lowest BCUT2D eigenvalue weighted by Crippen LogP contribution is -1.88. The Morgan fingerprint density at radius 1 is 0.952 bits per heavy atom. The van der Waals surface area contributed by atoms with Crippen LogP contribution in [0.25, 0.3) is 26.4 Å². The zero-order valence-electron chi connectivity index (χ0n) is 12.3. The third-order valence-electron chi connectivity index (χ3n) is 4.14. The van der Waals surface area contributed by atoms with Crippen LogP contribution in [0, 0.1) is 20.8 Å². The van der Waals surface area contributed by atoms with Gasteiger partial charge in [-0.25, -0.2) is 4.98 Å². The van der Waals surface area contributed by atoms with E-state index in [-0.39, 0.29) is 0 Å². The second-order valence-electron chi connectivity index (χ2n) is 5.54. The summed E-state index contributed by atoms with van der Waals surface area (Å²) in [5.41, 5.74) is 7.42. The molecule has 0 radical (unpaired) electrons. The van der Waals surface area contributed by atoms with E-state index in [0.29, 0.717) is 0 Å². The molecule has 0 saturated heterocycles. The number of hydrogen-bond acceptors (Lipinski definition) is 2. The van der Waals surface area contributed by atoms with Crippen molar-refractivity contribution in [1.29, 1.82) is 0 Å². The predicted molar refractivity (Wildman–Crippen MR) is 90.2 cm³/mol. The molecule has 2 nitrogen and oxygen atoms in total. The van der Waals surface area contributed by atoms with E-state index in [2.05, 4.69) is 61.6 Å². The molecular formula is C18H16N2S. The highest BCUT2D eigenvalue weighted by atomic mass is 32.1. The van der Waals surface area contributed by atoms with Gasteiger partial charge in [0, 0.05) is 11.3 Å². The number of aryl methyl sites for hydroxylation is 3. The average Bonchev–Trinajstić information content (AvgIpc) is 2.98. The van der Waals surface area contributed by atoms with Gasteiger partial charge in [0.05, 0.1) is 15.9 Å². The molecular weight excluding hydrogens is 276 g/mol. The van der Waals surface area contributed by atoms with Gasteiger partial charge in [0.25, 0.3) is 0 Å². The summed E-state index contributed by atoms with van der Waals surface area (Å²) in [6.07, 6.45) is 0. The number of thiazole rings is 1. The van der Waals surface area contributed by atoms with Crippen molar-refractivity contribution < 1.29 is 0 Å². The van der Waals surface area contributed by atoms with E-state index in [1.54, 1.807) is 11.3 Å². The molecule has 2 aromatic carbocycles. The van der Waals surface area contributed by atoms with Gasteiger partial charge in [0.2, 0.25) is 0 Å². The Labute approximate surface area is 127 Å². The van der Waals surface area contributed by atoms with Gasteiger partial charge in [-0.3, -0.25) is 4.40 Å². The lowest BCUT2D eigenvalue weighted by atomic mass is 10.1. The molecule has 0 unspecified atom stereocenters. The molecule has 3 heteroatoms. The third-order valence-corrected chi connectivity index (χ3v) is 5.14. The fourth-order valence-corrected chi connectivity index (χ4v) is 3.98. The van der Waals surface area contributed by atoms with Gasteiger partial charge < -0.3 is 0 Å². The minimum atomic E-state index is 1.08. The summed E-state index contributed by atoms with van der Waals surface area (Å²) in [7, 11) is 0. The van der Waals surface area contributed by atoms with Crippen molar-refractivity contribution in [2.75, 3.05) is 0 Å². The van der Waals surface area contributed by atoms with E-state index < -0.39 is 0 Å². The van der Waals surface area contributed by atoms with Gasteiger partial charge in [-0.2, -0.15) is 0 Å². The number of aromatic nitrogens is 2. The first-order valence-corrected chi connectivity index (χ1v) is 7.91. The Kier molecular flexibility index (Phi) is 2.66. The molecule has 2 heterocycles. The molecule has 4 aromatic rings. The lowest BCUT2D eigenvalue weighted by Gasteiger charge is -2.02. The third kappa shape index (κ3) is 1.81. The zero-order valence-corrected chi connectivity index (χ0v) is 13.2. The molecule has 0 spiro atoms. The first kappa shape index (κ1) is 12.6. The summed E-state index contributed by atoms with van der Waals surface area (Å²) in [6, 6.07) is 15.0. The van der Waals surface area contributed by atoms with Crippen LogP contribution in [-0.2, 0) is 0 Å². The normalized spacial score (nSPS) is 11.6. The van der Waals surface area contributed by atoms with Gasteiger partial charge in [0.15, 0.2) is 4.96 Å². The van der Waals surface area contributed by atoms with Crippen molar-refractivity contribution in [2.24, 2.45) is 0 Å². The maximum absolute atomic E-state index is 4.86. The Morgan fingerprint density at radius 3 is 2.43 bits per heavy atom. The Bertz CT molecular complexity index is 961. The van der Waals surface area contributed by atoms with Crippen LogP contribution in [0.15, 0.2) is 42.5 Å². The first-order valence-electron chi connectivity index (χ1n) is 7.09. The molecule has 0 aliphatic rings. The van der Waals surface area contributed by atoms with Crippen molar-refractivity contribution >= 4 is 26.5 Å². The molecule has 4 rings (SSSR count). The van der Waals surface area contributed by atoms with Gasteiger partial charge in [0.1, 0.15) is 0 Å². The fourth-order valence-electron chi connectivity index (χ4n) is 2.83. The molecule has 0 bridgehead atoms. The minimum Gasteiger partial charge on any atom is -0.287 e. The van der Waals surface area contributed by atoms with Crippen LogP contribution < -0.4 is 0 Å². The average molecular weight is 292 g/mol. The van der Waals surface area contributed by atoms with Gasteiger partial charge in [-0.05, 0) is 44.0 Å². The number of nitrogens with zero attached hydrogens (tertiary/aromatic N) is 2. The summed E-state index contributed by atoms with van der Waals surface area (Å²) >= 11 is 1.77. The number of imidazole rings is 1. The molecule has 0 saturated carbocycles. The van der Waals surface area contributed by atoms with Crippen molar-refractivity contribution in [3.63, 3.8) is 0 Å². The van der Waals surface area contributed by atoms with Crippen LogP contribution in [0.1, 0.15) is 16.8 Å². The maximum atomic E-state index is 4.86. The molecule has 0 aliphatic heterocycles. The molecule has 0 atom stereocenters. The molecule has 0 N–H and O–H groups in total. The first-order chi connectivity index (χ1) is 10.1. The summed E-state index contributed by atoms with van der Waals surface area (Å²) in [6.45, 7) is 6.49. The van der Waals surface area contributed by atoms with Crippen molar-refractivity contribution in [1.82, 2.24) is 9.38 Å². The zero-order chi connectivity index (χ0) is 14.6.